The standard InChI is InChI=1S/C44H83NO2/c1-5-7-9-11-13-15-17-19-21-23-25-27-29-31-33-35-37-41-46-43-44(39-40-45(3)4)47-42-38-36-34-32-30-28-26-24-22-20-18-16-14-12-10-8-6-2/h13-16,19-22,44H,5-12,17-18,23-43H2,1-4H3/b15-13-,16-14-,21-19-,22-20-. The van der Waals surface area contributed by atoms with Gasteiger partial charge >= 0.3 is 0 Å². The Kier molecular flexibility index (Phi) is 40.0. The van der Waals surface area contributed by atoms with Gasteiger partial charge in [0.2, 0.25) is 0 Å². The third kappa shape index (κ3) is 40.9. The van der Waals surface area contributed by atoms with Gasteiger partial charge in [0.1, 0.15) is 0 Å². The second kappa shape index (κ2) is 41.0. The minimum Gasteiger partial charge on any atom is -0.379 e. The molecule has 0 aromatic rings. The molecule has 0 aliphatic heterocycles. The molecule has 0 N–H and O–H groups in total. The molecule has 0 rings (SSSR count). The Bertz CT molecular complexity index is 695. The molecule has 0 aliphatic rings. The van der Waals surface area contributed by atoms with Gasteiger partial charge in [-0.05, 0) is 97.6 Å². The van der Waals surface area contributed by atoms with E-state index in [2.05, 4.69) is 81.5 Å². The monoisotopic (exact) mass is 658 g/mol. The van der Waals surface area contributed by atoms with Crippen LogP contribution in [0.2, 0.25) is 0 Å². The van der Waals surface area contributed by atoms with Crippen molar-refractivity contribution in [1.82, 2.24) is 4.90 Å². The lowest BCUT2D eigenvalue weighted by Crippen LogP contribution is -2.26. The first-order valence-corrected chi connectivity index (χ1v) is 20.6. The van der Waals surface area contributed by atoms with Crippen molar-refractivity contribution in [3.05, 3.63) is 48.6 Å². The molecular formula is C44H83NO2. The maximum atomic E-state index is 6.28. The Morgan fingerprint density at radius 3 is 1.26 bits per heavy atom. The first kappa shape index (κ1) is 45.8. The Morgan fingerprint density at radius 2 is 0.830 bits per heavy atom. The molecule has 0 heterocycles. The zero-order valence-corrected chi connectivity index (χ0v) is 32.4. The Balaban J connectivity index is 3.63. The third-order valence-corrected chi connectivity index (χ3v) is 8.89. The number of unbranched alkanes of at least 4 members (excludes halogenated alkanes) is 20. The van der Waals surface area contributed by atoms with Gasteiger partial charge in [-0.3, -0.25) is 0 Å². The van der Waals surface area contributed by atoms with Gasteiger partial charge in [0.15, 0.2) is 0 Å². The van der Waals surface area contributed by atoms with Gasteiger partial charge in [0.25, 0.3) is 0 Å². The van der Waals surface area contributed by atoms with E-state index in [-0.39, 0.29) is 6.10 Å². The van der Waals surface area contributed by atoms with Crippen LogP contribution < -0.4 is 0 Å². The lowest BCUT2D eigenvalue weighted by Gasteiger charge is -2.20. The van der Waals surface area contributed by atoms with Gasteiger partial charge in [0, 0.05) is 19.8 Å². The number of ether oxygens (including phenoxy) is 2. The van der Waals surface area contributed by atoms with Crippen molar-refractivity contribution in [2.45, 2.75) is 193 Å². The molecule has 0 spiro atoms. The molecule has 1 atom stereocenters. The summed E-state index contributed by atoms with van der Waals surface area (Å²) in [5, 5.41) is 0. The SMILES string of the molecule is CCCCC/C=C\C/C=C\CCCCCCCCCOCC(CCN(C)C)OCCCCCCCCC/C=C\C/C=C\CCCCC. The van der Waals surface area contributed by atoms with E-state index in [4.69, 9.17) is 9.47 Å². The highest BCUT2D eigenvalue weighted by molar-refractivity contribution is 4.93. The Hall–Kier alpha value is -1.16. The molecule has 0 aromatic heterocycles. The van der Waals surface area contributed by atoms with E-state index in [1.165, 1.54) is 154 Å². The largest absolute Gasteiger partial charge is 0.379 e. The van der Waals surface area contributed by atoms with Crippen LogP contribution in [0.15, 0.2) is 48.6 Å². The molecule has 0 saturated carbocycles. The lowest BCUT2D eigenvalue weighted by atomic mass is 10.1. The summed E-state index contributed by atoms with van der Waals surface area (Å²) in [4.78, 5) is 2.25. The van der Waals surface area contributed by atoms with E-state index < -0.39 is 0 Å². The molecule has 1 unspecified atom stereocenters. The van der Waals surface area contributed by atoms with Crippen LogP contribution in [0.3, 0.4) is 0 Å². The quantitative estimate of drug-likeness (QED) is 0.0487. The molecule has 3 nitrogen and oxygen atoms in total. The number of hydrogen-bond donors (Lipinski definition) is 0. The number of hydrogen-bond acceptors (Lipinski definition) is 3. The van der Waals surface area contributed by atoms with Crippen molar-refractivity contribution >= 4 is 0 Å². The fourth-order valence-electron chi connectivity index (χ4n) is 5.72. The molecule has 3 heteroatoms. The minimum atomic E-state index is 0.234. The van der Waals surface area contributed by atoms with E-state index in [1.807, 2.05) is 0 Å². The van der Waals surface area contributed by atoms with Crippen molar-refractivity contribution < 1.29 is 9.47 Å². The normalized spacial score (nSPS) is 13.1. The molecule has 0 radical (unpaired) electrons. The fraction of sp³-hybridized carbons (Fsp3) is 0.818. The van der Waals surface area contributed by atoms with Gasteiger partial charge in [-0.15, -0.1) is 0 Å². The summed E-state index contributed by atoms with van der Waals surface area (Å²) in [6.45, 7) is 8.10. The second-order valence-corrected chi connectivity index (χ2v) is 14.0. The lowest BCUT2D eigenvalue weighted by molar-refractivity contribution is -0.0248. The molecular weight excluding hydrogens is 574 g/mol. The Labute approximate surface area is 296 Å². The minimum absolute atomic E-state index is 0.234. The van der Waals surface area contributed by atoms with E-state index in [0.29, 0.717) is 0 Å². The molecule has 0 saturated heterocycles. The van der Waals surface area contributed by atoms with Gasteiger partial charge in [-0.2, -0.15) is 0 Å². The summed E-state index contributed by atoms with van der Waals surface area (Å²) in [6.07, 6.45) is 53.8. The van der Waals surface area contributed by atoms with Crippen molar-refractivity contribution in [2.75, 3.05) is 40.5 Å². The summed E-state index contributed by atoms with van der Waals surface area (Å²) in [7, 11) is 4.29. The molecule has 47 heavy (non-hydrogen) atoms. The van der Waals surface area contributed by atoms with Gasteiger partial charge in [-0.25, -0.2) is 0 Å². The van der Waals surface area contributed by atoms with Crippen LogP contribution in [0.5, 0.6) is 0 Å². The molecule has 0 fully saturated rings. The van der Waals surface area contributed by atoms with Crippen molar-refractivity contribution in [1.29, 1.82) is 0 Å². The van der Waals surface area contributed by atoms with Crippen LogP contribution >= 0.6 is 0 Å². The van der Waals surface area contributed by atoms with Crippen LogP contribution in [-0.4, -0.2) is 51.5 Å². The zero-order valence-electron chi connectivity index (χ0n) is 32.4. The summed E-state index contributed by atoms with van der Waals surface area (Å²) >= 11 is 0. The van der Waals surface area contributed by atoms with Gasteiger partial charge < -0.3 is 14.4 Å². The van der Waals surface area contributed by atoms with Gasteiger partial charge in [0.05, 0.1) is 12.7 Å². The van der Waals surface area contributed by atoms with Gasteiger partial charge in [-0.1, -0.05) is 152 Å². The highest BCUT2D eigenvalue weighted by atomic mass is 16.5. The molecule has 0 bridgehead atoms. The summed E-state index contributed by atoms with van der Waals surface area (Å²) < 4.78 is 12.4. The molecule has 0 amide bonds. The van der Waals surface area contributed by atoms with Crippen LogP contribution in [0.4, 0.5) is 0 Å². The van der Waals surface area contributed by atoms with E-state index >= 15 is 0 Å². The first-order chi connectivity index (χ1) is 23.2. The molecule has 0 aromatic carbocycles. The Morgan fingerprint density at radius 1 is 0.447 bits per heavy atom. The third-order valence-electron chi connectivity index (χ3n) is 8.89. The van der Waals surface area contributed by atoms with Crippen LogP contribution in [-0.2, 0) is 9.47 Å². The van der Waals surface area contributed by atoms with E-state index in [1.54, 1.807) is 0 Å². The second-order valence-electron chi connectivity index (χ2n) is 14.0. The van der Waals surface area contributed by atoms with Crippen LogP contribution in [0, 0.1) is 0 Å². The summed E-state index contributed by atoms with van der Waals surface area (Å²) in [5.41, 5.74) is 0. The zero-order chi connectivity index (χ0) is 34.1. The highest BCUT2D eigenvalue weighted by Gasteiger charge is 2.10. The number of nitrogens with zero attached hydrogens (tertiary/aromatic N) is 1. The van der Waals surface area contributed by atoms with Crippen molar-refractivity contribution in [3.63, 3.8) is 0 Å². The number of rotatable bonds is 38. The summed E-state index contributed by atoms with van der Waals surface area (Å²) in [6, 6.07) is 0. The smallest absolute Gasteiger partial charge is 0.0820 e. The maximum absolute atomic E-state index is 6.28. The predicted octanol–water partition coefficient (Wildman–Crippen LogP) is 13.7. The average molecular weight is 658 g/mol. The van der Waals surface area contributed by atoms with Crippen molar-refractivity contribution in [3.8, 4) is 0 Å². The van der Waals surface area contributed by atoms with E-state index in [9.17, 15) is 0 Å². The predicted molar refractivity (Wildman–Crippen MR) is 212 cm³/mol. The molecule has 0 aliphatic carbocycles. The van der Waals surface area contributed by atoms with Crippen LogP contribution in [0.25, 0.3) is 0 Å². The number of allylic oxidation sites excluding steroid dienone is 8. The average Bonchev–Trinajstić information content (AvgIpc) is 3.07. The fourth-order valence-corrected chi connectivity index (χ4v) is 5.72. The van der Waals surface area contributed by atoms with E-state index in [0.717, 1.165) is 45.6 Å². The van der Waals surface area contributed by atoms with Crippen LogP contribution in [0.1, 0.15) is 187 Å². The maximum Gasteiger partial charge on any atom is 0.0820 e. The first-order valence-electron chi connectivity index (χ1n) is 20.6. The molecule has 276 valence electrons. The highest BCUT2D eigenvalue weighted by Crippen LogP contribution is 2.12. The van der Waals surface area contributed by atoms with Crippen molar-refractivity contribution in [2.24, 2.45) is 0 Å². The topological polar surface area (TPSA) is 21.7 Å². The summed E-state index contributed by atoms with van der Waals surface area (Å²) in [5.74, 6) is 0.